The van der Waals surface area contributed by atoms with Crippen LogP contribution in [0, 0.1) is 0 Å². The van der Waals surface area contributed by atoms with Crippen molar-refractivity contribution in [3.63, 3.8) is 0 Å². The van der Waals surface area contributed by atoms with Crippen LogP contribution in [0.2, 0.25) is 0 Å². The van der Waals surface area contributed by atoms with Crippen molar-refractivity contribution < 1.29 is 34.2 Å². The number of primary amides is 1. The summed E-state index contributed by atoms with van der Waals surface area (Å²) in [7, 11) is 0. The molecule has 16 heteroatoms. The van der Waals surface area contributed by atoms with Gasteiger partial charge in [-0.05, 0) is 49.9 Å². The van der Waals surface area contributed by atoms with Crippen LogP contribution in [0.5, 0.6) is 0 Å². The lowest BCUT2D eigenvalue weighted by atomic mass is 10.1. The number of hydrogen-bond donors (Lipinski definition) is 9. The lowest BCUT2D eigenvalue weighted by Gasteiger charge is -2.21. The van der Waals surface area contributed by atoms with Crippen molar-refractivity contribution >= 4 is 47.1 Å². The molecule has 1 aromatic carbocycles. The highest BCUT2D eigenvalue weighted by atomic mass is 16.4. The first kappa shape index (κ1) is 31.1. The Balaban J connectivity index is 1.97. The smallest absolute Gasteiger partial charge is 0.326 e. The third-order valence-corrected chi connectivity index (χ3v) is 5.71. The Hall–Kier alpha value is -5.15. The highest BCUT2D eigenvalue weighted by molar-refractivity contribution is 5.98. The van der Waals surface area contributed by atoms with Crippen LogP contribution in [0.1, 0.15) is 48.0 Å². The van der Waals surface area contributed by atoms with Gasteiger partial charge in [0.15, 0.2) is 0 Å². The van der Waals surface area contributed by atoms with E-state index in [1.54, 1.807) is 12.1 Å². The van der Waals surface area contributed by atoms with Gasteiger partial charge in [0.1, 0.15) is 17.9 Å². The first-order valence-electron chi connectivity index (χ1n) is 12.2. The number of nitrogens with two attached hydrogens (primary N) is 3. The fourth-order valence-electron chi connectivity index (χ4n) is 3.61. The average molecular weight is 561 g/mol. The molecule has 0 saturated carbocycles. The fourth-order valence-corrected chi connectivity index (χ4v) is 3.61. The summed E-state index contributed by atoms with van der Waals surface area (Å²) in [6.45, 7) is 0.469. The summed E-state index contributed by atoms with van der Waals surface area (Å²) in [6, 6.07) is 3.40. The molecule has 0 aliphatic carbocycles. The fraction of sp³-hybridized carbons (Fsp3) is 0.375. The van der Waals surface area contributed by atoms with Gasteiger partial charge in [0.25, 0.3) is 11.5 Å². The minimum atomic E-state index is -1.51. The van der Waals surface area contributed by atoms with Crippen LogP contribution in [0.25, 0.3) is 0 Å². The summed E-state index contributed by atoms with van der Waals surface area (Å²) < 4.78 is 0. The predicted molar refractivity (Wildman–Crippen MR) is 143 cm³/mol. The quantitative estimate of drug-likeness (QED) is 0.109. The molecule has 2 rings (SSSR count). The number of carboxylic acids is 2. The van der Waals surface area contributed by atoms with Crippen LogP contribution in [0.15, 0.2) is 29.1 Å². The van der Waals surface area contributed by atoms with Crippen molar-refractivity contribution in [3.8, 4) is 0 Å². The molecule has 2 aromatic rings. The largest absolute Gasteiger partial charge is 0.481 e. The standard InChI is InChI=1S/C24H32N8O8/c25-17(33)9-7-15(22(38)30-16(23(39)40)8-10-18(34)35)29-20(36)12-3-5-13(6-4-12)28-11-1-2-14-19(26)31-24(27)32-21(14)37/h3-6,15-16,28H,1-2,7-11H2,(H2,25,33)(H,29,36)(H,30,38)(H,34,35)(H,39,40)(H5,26,27,31,32,37)/t15-,16-/m0/s1. The van der Waals surface area contributed by atoms with Gasteiger partial charge in [-0.1, -0.05) is 0 Å². The van der Waals surface area contributed by atoms with Crippen molar-refractivity contribution in [2.75, 3.05) is 23.3 Å². The van der Waals surface area contributed by atoms with Crippen LogP contribution in [-0.4, -0.2) is 68.5 Å². The van der Waals surface area contributed by atoms with Crippen molar-refractivity contribution in [3.05, 3.63) is 45.7 Å². The molecule has 0 saturated heterocycles. The molecule has 3 amide bonds. The Morgan fingerprint density at radius 2 is 1.60 bits per heavy atom. The van der Waals surface area contributed by atoms with E-state index in [9.17, 15) is 33.9 Å². The molecule has 0 fully saturated rings. The molecular weight excluding hydrogens is 528 g/mol. The van der Waals surface area contributed by atoms with Crippen LogP contribution < -0.4 is 38.7 Å². The molecule has 2 atom stereocenters. The zero-order valence-electron chi connectivity index (χ0n) is 21.4. The highest BCUT2D eigenvalue weighted by Gasteiger charge is 2.27. The van der Waals surface area contributed by atoms with E-state index in [0.717, 1.165) is 0 Å². The van der Waals surface area contributed by atoms with E-state index >= 15 is 0 Å². The van der Waals surface area contributed by atoms with Gasteiger partial charge in [0.05, 0.1) is 5.56 Å². The number of nitrogens with one attached hydrogen (secondary N) is 4. The third-order valence-electron chi connectivity index (χ3n) is 5.71. The lowest BCUT2D eigenvalue weighted by Crippen LogP contribution is -2.52. The van der Waals surface area contributed by atoms with Crippen LogP contribution >= 0.6 is 0 Å². The van der Waals surface area contributed by atoms with Crippen molar-refractivity contribution in [2.24, 2.45) is 5.73 Å². The Morgan fingerprint density at radius 3 is 2.17 bits per heavy atom. The van der Waals surface area contributed by atoms with E-state index in [-0.39, 0.29) is 36.6 Å². The van der Waals surface area contributed by atoms with Crippen LogP contribution in [0.3, 0.4) is 0 Å². The van der Waals surface area contributed by atoms with Gasteiger partial charge in [0, 0.05) is 30.6 Å². The van der Waals surface area contributed by atoms with Gasteiger partial charge in [-0.2, -0.15) is 4.98 Å². The minimum absolute atomic E-state index is 0.0616. The molecular formula is C24H32N8O8. The molecule has 0 aliphatic rings. The second kappa shape index (κ2) is 14.7. The Morgan fingerprint density at radius 1 is 0.950 bits per heavy atom. The van der Waals surface area contributed by atoms with Gasteiger partial charge in [-0.25, -0.2) is 4.79 Å². The molecule has 40 heavy (non-hydrogen) atoms. The van der Waals surface area contributed by atoms with Gasteiger partial charge in [-0.15, -0.1) is 0 Å². The van der Waals surface area contributed by atoms with Crippen molar-refractivity contribution in [2.45, 2.75) is 50.6 Å². The lowest BCUT2D eigenvalue weighted by molar-refractivity contribution is -0.143. The molecule has 16 nitrogen and oxygen atoms in total. The van der Waals surface area contributed by atoms with Gasteiger partial charge in [0.2, 0.25) is 17.8 Å². The average Bonchev–Trinajstić information content (AvgIpc) is 2.87. The summed E-state index contributed by atoms with van der Waals surface area (Å²) in [5.41, 5.74) is 17.1. The van der Waals surface area contributed by atoms with Gasteiger partial charge < -0.3 is 43.4 Å². The zero-order chi connectivity index (χ0) is 29.8. The van der Waals surface area contributed by atoms with Crippen molar-refractivity contribution in [1.82, 2.24) is 20.6 Å². The monoisotopic (exact) mass is 560 g/mol. The van der Waals surface area contributed by atoms with E-state index in [1.165, 1.54) is 12.1 Å². The predicted octanol–water partition coefficient (Wildman–Crippen LogP) is -1.22. The summed E-state index contributed by atoms with van der Waals surface area (Å²) in [5.74, 6) is -4.98. The normalized spacial score (nSPS) is 12.1. The Kier molecular flexibility index (Phi) is 11.4. The number of carboxylic acid groups (broad SMARTS) is 2. The van der Waals surface area contributed by atoms with E-state index in [2.05, 4.69) is 25.9 Å². The third kappa shape index (κ3) is 9.96. The molecule has 0 unspecified atom stereocenters. The van der Waals surface area contributed by atoms with Crippen LogP contribution in [-0.2, 0) is 25.6 Å². The number of nitrogen functional groups attached to an aromatic ring is 2. The summed E-state index contributed by atoms with van der Waals surface area (Å²) in [5, 5.41) is 25.9. The number of hydrogen-bond acceptors (Lipinski definition) is 10. The maximum absolute atomic E-state index is 12.8. The SMILES string of the molecule is NC(=O)CC[C@H](NC(=O)c1ccc(NCCCc2c(N)nc(N)[nH]c2=O)cc1)C(=O)N[C@@H](CCC(=O)O)C(=O)O. The van der Waals surface area contributed by atoms with Crippen molar-refractivity contribution in [1.29, 1.82) is 0 Å². The Labute approximate surface area is 227 Å². The van der Waals surface area contributed by atoms with Crippen LogP contribution in [0.4, 0.5) is 17.5 Å². The number of aromatic nitrogens is 2. The maximum atomic E-state index is 12.8. The molecule has 1 heterocycles. The molecule has 1 aromatic heterocycles. The minimum Gasteiger partial charge on any atom is -0.481 e. The summed E-state index contributed by atoms with van der Waals surface area (Å²) in [6.07, 6.45) is -0.437. The van der Waals surface area contributed by atoms with Gasteiger partial charge >= 0.3 is 11.9 Å². The van der Waals surface area contributed by atoms with E-state index in [1.807, 2.05) is 0 Å². The number of H-pyrrole nitrogens is 1. The Bertz CT molecular complexity index is 1290. The first-order valence-corrected chi connectivity index (χ1v) is 12.2. The van der Waals surface area contributed by atoms with E-state index in [4.69, 9.17) is 22.3 Å². The van der Waals surface area contributed by atoms with E-state index in [0.29, 0.717) is 30.6 Å². The molecule has 216 valence electrons. The second-order valence-electron chi connectivity index (χ2n) is 8.79. The summed E-state index contributed by atoms with van der Waals surface area (Å²) in [4.78, 5) is 77.1. The highest BCUT2D eigenvalue weighted by Crippen LogP contribution is 2.12. The number of aromatic amines is 1. The molecule has 0 bridgehead atoms. The maximum Gasteiger partial charge on any atom is 0.326 e. The summed E-state index contributed by atoms with van der Waals surface area (Å²) >= 11 is 0. The first-order chi connectivity index (χ1) is 18.9. The molecule has 0 radical (unpaired) electrons. The van der Waals surface area contributed by atoms with E-state index < -0.39 is 53.7 Å². The molecule has 12 N–H and O–H groups in total. The number of anilines is 3. The zero-order valence-corrected chi connectivity index (χ0v) is 21.4. The number of amides is 3. The topological polar surface area (TPSA) is 286 Å². The molecule has 0 aliphatic heterocycles. The number of carbonyl (C=O) groups is 5. The second-order valence-corrected chi connectivity index (χ2v) is 8.79. The number of aliphatic carboxylic acids is 2. The molecule has 0 spiro atoms. The van der Waals surface area contributed by atoms with Gasteiger partial charge in [-0.3, -0.25) is 29.0 Å². The number of benzene rings is 1. The number of rotatable bonds is 16. The number of nitrogens with zero attached hydrogens (tertiary/aromatic N) is 1. The number of carbonyl (C=O) groups excluding carboxylic acids is 3.